The molecule has 0 aliphatic heterocycles. The molecule has 1 aromatic carbocycles. The third-order valence-corrected chi connectivity index (χ3v) is 3.09. The fraction of sp³-hybridized carbons (Fsp3) is 0.400. The van der Waals surface area contributed by atoms with Gasteiger partial charge in [-0.25, -0.2) is 4.68 Å². The van der Waals surface area contributed by atoms with Crippen molar-refractivity contribution in [3.05, 3.63) is 48.3 Å². The zero-order valence-electron chi connectivity index (χ0n) is 11.4. The number of hydrogen-bond donors (Lipinski definition) is 1. The second-order valence-electron chi connectivity index (χ2n) is 4.82. The quantitative estimate of drug-likeness (QED) is 0.868. The van der Waals surface area contributed by atoms with Crippen LogP contribution in [0.1, 0.15) is 25.1 Å². The second-order valence-corrected chi connectivity index (χ2v) is 4.82. The topological polar surface area (TPSA) is 47.3 Å². The van der Waals surface area contributed by atoms with Gasteiger partial charge in [-0.1, -0.05) is 25.1 Å². The van der Waals surface area contributed by atoms with E-state index >= 15 is 0 Å². The average molecular weight is 260 g/mol. The molecule has 2 rings (SSSR count). The van der Waals surface area contributed by atoms with E-state index < -0.39 is 6.10 Å². The molecule has 0 saturated carbocycles. The van der Waals surface area contributed by atoms with E-state index in [0.29, 0.717) is 18.9 Å². The number of rotatable bonds is 6. The largest absolute Gasteiger partial charge is 0.387 e. The van der Waals surface area contributed by atoms with Crippen LogP contribution in [-0.4, -0.2) is 28.6 Å². The molecule has 4 heteroatoms. The molecule has 1 N–H and O–H groups in total. The average Bonchev–Trinajstić information content (AvgIpc) is 2.89. The van der Waals surface area contributed by atoms with Gasteiger partial charge in [0.25, 0.3) is 0 Å². The standard InChI is InChI=1S/C15H20N2O2/c1-12(11-19-2)10-15(18)14-8-9-16-17(14)13-6-4-3-5-7-13/h3-9,12,15,18H,10-11H2,1-2H3. The van der Waals surface area contributed by atoms with Crippen molar-refractivity contribution in [2.45, 2.75) is 19.4 Å². The first-order chi connectivity index (χ1) is 9.22. The minimum Gasteiger partial charge on any atom is -0.387 e. The number of aliphatic hydroxyl groups is 1. The number of hydrogen-bond acceptors (Lipinski definition) is 3. The highest BCUT2D eigenvalue weighted by Gasteiger charge is 2.17. The highest BCUT2D eigenvalue weighted by molar-refractivity contribution is 5.32. The van der Waals surface area contributed by atoms with Gasteiger partial charge in [0.05, 0.1) is 17.5 Å². The highest BCUT2D eigenvalue weighted by Crippen LogP contribution is 2.23. The van der Waals surface area contributed by atoms with Gasteiger partial charge in [0.2, 0.25) is 0 Å². The van der Waals surface area contributed by atoms with Gasteiger partial charge >= 0.3 is 0 Å². The third kappa shape index (κ3) is 3.43. The summed E-state index contributed by atoms with van der Waals surface area (Å²) >= 11 is 0. The molecule has 19 heavy (non-hydrogen) atoms. The first kappa shape index (κ1) is 13.8. The van der Waals surface area contributed by atoms with E-state index in [-0.39, 0.29) is 0 Å². The molecule has 0 bridgehead atoms. The summed E-state index contributed by atoms with van der Waals surface area (Å²) in [5, 5.41) is 14.6. The molecule has 0 aliphatic rings. The lowest BCUT2D eigenvalue weighted by Gasteiger charge is -2.17. The fourth-order valence-corrected chi connectivity index (χ4v) is 2.21. The summed E-state index contributed by atoms with van der Waals surface area (Å²) in [4.78, 5) is 0. The van der Waals surface area contributed by atoms with Crippen LogP contribution in [0, 0.1) is 5.92 Å². The number of para-hydroxylation sites is 1. The van der Waals surface area contributed by atoms with Gasteiger partial charge in [-0.3, -0.25) is 0 Å². The van der Waals surface area contributed by atoms with E-state index in [2.05, 4.69) is 12.0 Å². The van der Waals surface area contributed by atoms with Crippen molar-refractivity contribution in [1.82, 2.24) is 9.78 Å². The molecule has 0 saturated heterocycles. The predicted molar refractivity (Wildman–Crippen MR) is 74.2 cm³/mol. The molecule has 2 unspecified atom stereocenters. The molecule has 1 heterocycles. The van der Waals surface area contributed by atoms with E-state index in [1.54, 1.807) is 18.0 Å². The van der Waals surface area contributed by atoms with E-state index in [0.717, 1.165) is 11.4 Å². The molecule has 4 nitrogen and oxygen atoms in total. The van der Waals surface area contributed by atoms with E-state index in [9.17, 15) is 5.11 Å². The molecule has 102 valence electrons. The number of aromatic nitrogens is 2. The minimum atomic E-state index is -0.534. The zero-order chi connectivity index (χ0) is 13.7. The van der Waals surface area contributed by atoms with Crippen LogP contribution in [0.4, 0.5) is 0 Å². The fourth-order valence-electron chi connectivity index (χ4n) is 2.21. The maximum absolute atomic E-state index is 10.3. The Hall–Kier alpha value is -1.65. The lowest BCUT2D eigenvalue weighted by Crippen LogP contribution is -2.13. The third-order valence-electron chi connectivity index (χ3n) is 3.09. The van der Waals surface area contributed by atoms with E-state index in [1.807, 2.05) is 36.4 Å². The Morgan fingerprint density at radius 1 is 1.26 bits per heavy atom. The Balaban J connectivity index is 2.15. The Labute approximate surface area is 113 Å². The molecule has 2 aromatic rings. The maximum Gasteiger partial charge on any atom is 0.0964 e. The molecule has 0 spiro atoms. The monoisotopic (exact) mass is 260 g/mol. The van der Waals surface area contributed by atoms with Crippen molar-refractivity contribution < 1.29 is 9.84 Å². The van der Waals surface area contributed by atoms with E-state index in [4.69, 9.17) is 4.74 Å². The van der Waals surface area contributed by atoms with Crippen molar-refractivity contribution in [2.75, 3.05) is 13.7 Å². The molecule has 0 fully saturated rings. The molecule has 1 aromatic heterocycles. The summed E-state index contributed by atoms with van der Waals surface area (Å²) in [6.45, 7) is 2.71. The zero-order valence-corrected chi connectivity index (χ0v) is 11.4. The van der Waals surface area contributed by atoms with Crippen molar-refractivity contribution >= 4 is 0 Å². The number of methoxy groups -OCH3 is 1. The van der Waals surface area contributed by atoms with Gasteiger partial charge in [-0.15, -0.1) is 0 Å². The lowest BCUT2D eigenvalue weighted by molar-refractivity contribution is 0.0981. The van der Waals surface area contributed by atoms with Crippen molar-refractivity contribution in [1.29, 1.82) is 0 Å². The minimum absolute atomic E-state index is 0.305. The smallest absolute Gasteiger partial charge is 0.0964 e. The summed E-state index contributed by atoms with van der Waals surface area (Å²) in [6, 6.07) is 11.7. The van der Waals surface area contributed by atoms with Crippen LogP contribution < -0.4 is 0 Å². The lowest BCUT2D eigenvalue weighted by atomic mass is 10.0. The van der Waals surface area contributed by atoms with Gasteiger partial charge in [0.15, 0.2) is 0 Å². The van der Waals surface area contributed by atoms with Gasteiger partial charge in [0, 0.05) is 19.9 Å². The molecular formula is C15H20N2O2. The first-order valence-corrected chi connectivity index (χ1v) is 6.48. The van der Waals surface area contributed by atoms with Crippen LogP contribution in [0.2, 0.25) is 0 Å². The Bertz CT molecular complexity index is 496. The molecule has 0 aliphatic carbocycles. The molecule has 0 amide bonds. The normalized spacial score (nSPS) is 14.3. The summed E-state index contributed by atoms with van der Waals surface area (Å²) in [6.07, 6.45) is 1.84. The van der Waals surface area contributed by atoms with E-state index in [1.165, 1.54) is 0 Å². The van der Waals surface area contributed by atoms with Crippen LogP contribution >= 0.6 is 0 Å². The van der Waals surface area contributed by atoms with Gasteiger partial charge < -0.3 is 9.84 Å². The Morgan fingerprint density at radius 2 is 2.00 bits per heavy atom. The number of aliphatic hydroxyl groups excluding tert-OH is 1. The molecule has 2 atom stereocenters. The van der Waals surface area contributed by atoms with Crippen LogP contribution in [0.15, 0.2) is 42.6 Å². The molecular weight excluding hydrogens is 240 g/mol. The summed E-state index contributed by atoms with van der Waals surface area (Å²) in [7, 11) is 1.68. The number of benzene rings is 1. The summed E-state index contributed by atoms with van der Waals surface area (Å²) < 4.78 is 6.89. The first-order valence-electron chi connectivity index (χ1n) is 6.48. The number of nitrogens with zero attached hydrogens (tertiary/aromatic N) is 2. The Morgan fingerprint density at radius 3 is 2.68 bits per heavy atom. The van der Waals surface area contributed by atoms with Crippen molar-refractivity contribution in [3.8, 4) is 5.69 Å². The summed E-state index contributed by atoms with van der Waals surface area (Å²) in [5.74, 6) is 0.305. The van der Waals surface area contributed by atoms with Crippen LogP contribution in [0.3, 0.4) is 0 Å². The van der Waals surface area contributed by atoms with Crippen LogP contribution in [-0.2, 0) is 4.74 Å². The van der Waals surface area contributed by atoms with Gasteiger partial charge in [0.1, 0.15) is 0 Å². The number of ether oxygens (including phenoxy) is 1. The molecule has 0 radical (unpaired) electrons. The summed E-state index contributed by atoms with van der Waals surface area (Å²) in [5.41, 5.74) is 1.77. The predicted octanol–water partition coefficient (Wildman–Crippen LogP) is 2.58. The Kier molecular flexibility index (Phi) is 4.71. The van der Waals surface area contributed by atoms with Crippen molar-refractivity contribution in [3.63, 3.8) is 0 Å². The highest BCUT2D eigenvalue weighted by atomic mass is 16.5. The second kappa shape index (κ2) is 6.50. The van der Waals surface area contributed by atoms with Gasteiger partial charge in [-0.05, 0) is 30.5 Å². The van der Waals surface area contributed by atoms with Crippen molar-refractivity contribution in [2.24, 2.45) is 5.92 Å². The maximum atomic E-state index is 10.3. The SMILES string of the molecule is COCC(C)CC(O)c1ccnn1-c1ccccc1. The van der Waals surface area contributed by atoms with Crippen LogP contribution in [0.25, 0.3) is 5.69 Å². The van der Waals surface area contributed by atoms with Gasteiger partial charge in [-0.2, -0.15) is 5.10 Å². The van der Waals surface area contributed by atoms with Crippen LogP contribution in [0.5, 0.6) is 0 Å².